The smallest absolute Gasteiger partial charge is 0.333 e. The quantitative estimate of drug-likeness (QED) is 0.545. The fourth-order valence-corrected chi connectivity index (χ4v) is 4.41. The summed E-state index contributed by atoms with van der Waals surface area (Å²) in [7, 11) is 1.37. The number of methoxy groups -OCH3 is 1. The zero-order valence-electron chi connectivity index (χ0n) is 16.8. The van der Waals surface area contributed by atoms with Crippen LogP contribution < -0.4 is 0 Å². The Morgan fingerprint density at radius 2 is 1.84 bits per heavy atom. The van der Waals surface area contributed by atoms with Crippen LogP contribution in [0.1, 0.15) is 60.8 Å². The number of carbonyl (C=O) groups is 2. The lowest BCUT2D eigenvalue weighted by Gasteiger charge is -2.36. The lowest BCUT2D eigenvalue weighted by Crippen LogP contribution is -2.36. The van der Waals surface area contributed by atoms with Gasteiger partial charge in [0.05, 0.1) is 13.0 Å². The molecule has 0 bridgehead atoms. The molecule has 0 saturated heterocycles. The molecule has 2 saturated carbocycles. The van der Waals surface area contributed by atoms with Gasteiger partial charge in [-0.15, -0.1) is 0 Å². The van der Waals surface area contributed by atoms with E-state index in [1.165, 1.54) is 13.5 Å². The van der Waals surface area contributed by atoms with Crippen molar-refractivity contribution in [2.75, 3.05) is 7.11 Å². The molecule has 0 spiro atoms. The summed E-state index contributed by atoms with van der Waals surface area (Å²) in [6, 6.07) is 0. The van der Waals surface area contributed by atoms with Gasteiger partial charge in [0.2, 0.25) is 0 Å². The second-order valence-corrected chi connectivity index (χ2v) is 8.97. The van der Waals surface area contributed by atoms with Crippen LogP contribution in [0.3, 0.4) is 0 Å². The number of ether oxygens (including phenoxy) is 2. The maximum absolute atomic E-state index is 12.8. The standard InChI is InChI=1S/C21H34O4/c1-12(2)15-9-8-13(3)10-17(15)25-20(23)18-16(21(18,5)6)11-14(4)19(22)24-7/h11-13,15-18H,8-10H2,1-7H3/b14-11+. The molecule has 0 aliphatic heterocycles. The van der Waals surface area contributed by atoms with E-state index in [9.17, 15) is 9.59 Å². The molecular weight excluding hydrogens is 316 g/mol. The number of allylic oxidation sites excluding steroid dienone is 1. The van der Waals surface area contributed by atoms with Gasteiger partial charge in [0, 0.05) is 5.57 Å². The van der Waals surface area contributed by atoms with Crippen LogP contribution in [0.2, 0.25) is 0 Å². The van der Waals surface area contributed by atoms with E-state index in [1.807, 2.05) is 6.08 Å². The third-order valence-corrected chi connectivity index (χ3v) is 6.33. The highest BCUT2D eigenvalue weighted by molar-refractivity contribution is 5.88. The van der Waals surface area contributed by atoms with Crippen molar-refractivity contribution in [3.63, 3.8) is 0 Å². The van der Waals surface area contributed by atoms with Gasteiger partial charge >= 0.3 is 11.9 Å². The number of carbonyl (C=O) groups excluding carboxylic acids is 2. The van der Waals surface area contributed by atoms with Crippen molar-refractivity contribution in [2.45, 2.75) is 66.9 Å². The molecule has 0 heterocycles. The second kappa shape index (κ2) is 7.51. The van der Waals surface area contributed by atoms with E-state index in [1.54, 1.807) is 6.92 Å². The summed E-state index contributed by atoms with van der Waals surface area (Å²) >= 11 is 0. The molecular formula is C21H34O4. The van der Waals surface area contributed by atoms with Gasteiger partial charge < -0.3 is 9.47 Å². The van der Waals surface area contributed by atoms with Gasteiger partial charge in [-0.1, -0.05) is 47.1 Å². The number of hydrogen-bond donors (Lipinski definition) is 0. The molecule has 25 heavy (non-hydrogen) atoms. The molecule has 0 aromatic heterocycles. The fourth-order valence-electron chi connectivity index (χ4n) is 4.41. The molecule has 0 amide bonds. The Hall–Kier alpha value is -1.32. The van der Waals surface area contributed by atoms with Crippen molar-refractivity contribution in [2.24, 2.45) is 35.0 Å². The van der Waals surface area contributed by atoms with Crippen molar-refractivity contribution >= 4 is 11.9 Å². The Labute approximate surface area is 152 Å². The van der Waals surface area contributed by atoms with Crippen molar-refractivity contribution in [3.05, 3.63) is 11.6 Å². The third-order valence-electron chi connectivity index (χ3n) is 6.33. The average molecular weight is 350 g/mol. The summed E-state index contributed by atoms with van der Waals surface area (Å²) in [5, 5.41) is 0. The second-order valence-electron chi connectivity index (χ2n) is 8.97. The SMILES string of the molecule is COC(=O)/C(C)=C/C1C(C(=O)OC2CC(C)CCC2C(C)C)C1(C)C. The third kappa shape index (κ3) is 4.27. The van der Waals surface area contributed by atoms with Crippen LogP contribution in [0.4, 0.5) is 0 Å². The van der Waals surface area contributed by atoms with E-state index in [4.69, 9.17) is 9.47 Å². The van der Waals surface area contributed by atoms with Crippen molar-refractivity contribution in [3.8, 4) is 0 Å². The molecule has 2 aliphatic carbocycles. The molecule has 0 N–H and O–H groups in total. The summed E-state index contributed by atoms with van der Waals surface area (Å²) in [5.41, 5.74) is 0.391. The van der Waals surface area contributed by atoms with Crippen LogP contribution in [-0.4, -0.2) is 25.2 Å². The summed E-state index contributed by atoms with van der Waals surface area (Å²) < 4.78 is 10.8. The molecule has 4 heteroatoms. The van der Waals surface area contributed by atoms with Crippen molar-refractivity contribution in [1.29, 1.82) is 0 Å². The summed E-state index contributed by atoms with van der Waals surface area (Å²) in [6.45, 7) is 12.5. The minimum atomic E-state index is -0.337. The molecule has 0 radical (unpaired) electrons. The Morgan fingerprint density at radius 3 is 2.40 bits per heavy atom. The number of rotatable bonds is 5. The maximum atomic E-state index is 12.8. The number of esters is 2. The lowest BCUT2D eigenvalue weighted by atomic mass is 9.75. The van der Waals surface area contributed by atoms with Gasteiger partial charge in [0.25, 0.3) is 0 Å². The van der Waals surface area contributed by atoms with Gasteiger partial charge in [0.1, 0.15) is 6.10 Å². The molecule has 0 aromatic rings. The maximum Gasteiger partial charge on any atom is 0.333 e. The molecule has 4 nitrogen and oxygen atoms in total. The highest BCUT2D eigenvalue weighted by Gasteiger charge is 2.62. The van der Waals surface area contributed by atoms with E-state index in [2.05, 4.69) is 34.6 Å². The molecule has 2 aliphatic rings. The largest absolute Gasteiger partial charge is 0.466 e. The highest BCUT2D eigenvalue weighted by Crippen LogP contribution is 2.60. The average Bonchev–Trinajstić information content (AvgIpc) is 3.06. The van der Waals surface area contributed by atoms with Crippen LogP contribution in [-0.2, 0) is 19.1 Å². The first-order valence-electron chi connectivity index (χ1n) is 9.56. The van der Waals surface area contributed by atoms with E-state index in [0.717, 1.165) is 12.8 Å². The van der Waals surface area contributed by atoms with E-state index in [-0.39, 0.29) is 35.3 Å². The van der Waals surface area contributed by atoms with Gasteiger partial charge in [-0.3, -0.25) is 4.79 Å². The van der Waals surface area contributed by atoms with Crippen LogP contribution in [0.5, 0.6) is 0 Å². The molecule has 5 atom stereocenters. The molecule has 5 unspecified atom stereocenters. The van der Waals surface area contributed by atoms with Crippen LogP contribution in [0.15, 0.2) is 11.6 Å². The molecule has 142 valence electrons. The Balaban J connectivity index is 2.06. The zero-order chi connectivity index (χ0) is 18.9. The summed E-state index contributed by atoms with van der Waals surface area (Å²) in [6.07, 6.45) is 5.22. The first kappa shape index (κ1) is 20.0. The lowest BCUT2D eigenvalue weighted by molar-refractivity contribution is -0.158. The van der Waals surface area contributed by atoms with E-state index in [0.29, 0.717) is 23.3 Å². The summed E-state index contributed by atoms with van der Waals surface area (Å²) in [5.74, 6) is 1.01. The first-order chi connectivity index (χ1) is 11.6. The van der Waals surface area contributed by atoms with Crippen molar-refractivity contribution < 1.29 is 19.1 Å². The Kier molecular flexibility index (Phi) is 6.01. The van der Waals surface area contributed by atoms with E-state index < -0.39 is 0 Å². The molecule has 0 aromatic carbocycles. The van der Waals surface area contributed by atoms with Crippen LogP contribution in [0, 0.1) is 35.0 Å². The van der Waals surface area contributed by atoms with Gasteiger partial charge in [-0.05, 0) is 48.9 Å². The topological polar surface area (TPSA) is 52.6 Å². The minimum absolute atomic E-state index is 0.0268. The molecule has 2 rings (SSSR count). The Bertz CT molecular complexity index is 546. The van der Waals surface area contributed by atoms with Gasteiger partial charge in [-0.25, -0.2) is 4.79 Å². The fraction of sp³-hybridized carbons (Fsp3) is 0.810. The van der Waals surface area contributed by atoms with Crippen molar-refractivity contribution in [1.82, 2.24) is 0 Å². The van der Waals surface area contributed by atoms with Gasteiger partial charge in [0.15, 0.2) is 0 Å². The highest BCUT2D eigenvalue weighted by atomic mass is 16.5. The van der Waals surface area contributed by atoms with Crippen LogP contribution >= 0.6 is 0 Å². The van der Waals surface area contributed by atoms with E-state index >= 15 is 0 Å². The zero-order valence-corrected chi connectivity index (χ0v) is 16.8. The first-order valence-corrected chi connectivity index (χ1v) is 9.56. The normalized spacial score (nSPS) is 34.6. The predicted octanol–water partition coefficient (Wildman–Crippen LogP) is 4.38. The van der Waals surface area contributed by atoms with Crippen LogP contribution in [0.25, 0.3) is 0 Å². The minimum Gasteiger partial charge on any atom is -0.466 e. The van der Waals surface area contributed by atoms with Gasteiger partial charge in [-0.2, -0.15) is 0 Å². The number of hydrogen-bond acceptors (Lipinski definition) is 4. The summed E-state index contributed by atoms with van der Waals surface area (Å²) in [4.78, 5) is 24.5. The Morgan fingerprint density at radius 1 is 1.20 bits per heavy atom. The predicted molar refractivity (Wildman–Crippen MR) is 97.8 cm³/mol. The molecule has 2 fully saturated rings. The monoisotopic (exact) mass is 350 g/mol.